The summed E-state index contributed by atoms with van der Waals surface area (Å²) < 4.78 is 4.13. The lowest BCUT2D eigenvalue weighted by molar-refractivity contribution is 0.392. The van der Waals surface area contributed by atoms with Gasteiger partial charge in [0.15, 0.2) is 0 Å². The molecule has 3 nitrogen and oxygen atoms in total. The molecule has 1 rings (SSSR count). The number of hydrogen-bond donors (Lipinski definition) is 1. The molecule has 1 N–H and O–H groups in total. The second kappa shape index (κ2) is 8.59. The van der Waals surface area contributed by atoms with Gasteiger partial charge in [0.2, 0.25) is 0 Å². The smallest absolute Gasteiger partial charge is 0.0800 e. The number of nitrogens with one attached hydrogen (secondary N) is 1. The number of aryl methyl sites for hydroxylation is 1. The molecule has 0 fully saturated rings. The number of hydrogen-bond acceptors (Lipinski definition) is 4. The summed E-state index contributed by atoms with van der Waals surface area (Å²) in [5.74, 6) is 0.760. The van der Waals surface area contributed by atoms with Crippen molar-refractivity contribution in [2.75, 3.05) is 6.54 Å². The van der Waals surface area contributed by atoms with Gasteiger partial charge in [-0.05, 0) is 43.3 Å². The first kappa shape index (κ1) is 15.6. The van der Waals surface area contributed by atoms with Crippen LogP contribution in [-0.4, -0.2) is 16.1 Å². The standard InChI is InChI=1S/C14H27N3S/c1-5-8-11(4)10-13(15-9-6-2)14-12(7-3)16-17-18-14/h11,13,15H,5-10H2,1-4H3. The van der Waals surface area contributed by atoms with Gasteiger partial charge in [-0.2, -0.15) is 0 Å². The van der Waals surface area contributed by atoms with Gasteiger partial charge in [0.25, 0.3) is 0 Å². The quantitative estimate of drug-likeness (QED) is 0.737. The molecule has 18 heavy (non-hydrogen) atoms. The molecule has 0 amide bonds. The zero-order valence-corrected chi connectivity index (χ0v) is 13.0. The lowest BCUT2D eigenvalue weighted by atomic mass is 9.95. The van der Waals surface area contributed by atoms with Crippen molar-refractivity contribution >= 4 is 11.5 Å². The Labute approximate surface area is 116 Å². The SMILES string of the molecule is CCCNC(CC(C)CCC)c1snnc1CC. The molecule has 1 heterocycles. The molecule has 0 aromatic carbocycles. The molecule has 0 saturated heterocycles. The first-order valence-electron chi connectivity index (χ1n) is 7.27. The lowest BCUT2D eigenvalue weighted by Gasteiger charge is -2.21. The number of aromatic nitrogens is 2. The van der Waals surface area contributed by atoms with Crippen molar-refractivity contribution in [1.29, 1.82) is 0 Å². The van der Waals surface area contributed by atoms with E-state index < -0.39 is 0 Å². The number of rotatable bonds is 9. The van der Waals surface area contributed by atoms with E-state index in [9.17, 15) is 0 Å². The molecule has 0 spiro atoms. The summed E-state index contributed by atoms with van der Waals surface area (Å²) in [6, 6.07) is 0.446. The molecule has 0 aliphatic heterocycles. The van der Waals surface area contributed by atoms with Gasteiger partial charge in [0, 0.05) is 6.04 Å². The second-order valence-corrected chi connectivity index (χ2v) is 5.86. The largest absolute Gasteiger partial charge is 0.309 e. The molecule has 4 heteroatoms. The zero-order valence-electron chi connectivity index (χ0n) is 12.2. The highest BCUT2D eigenvalue weighted by Crippen LogP contribution is 2.28. The van der Waals surface area contributed by atoms with E-state index in [0.717, 1.165) is 18.9 Å². The zero-order chi connectivity index (χ0) is 13.4. The summed E-state index contributed by atoms with van der Waals surface area (Å²) in [5.41, 5.74) is 1.18. The third-order valence-corrected chi connectivity index (χ3v) is 4.18. The van der Waals surface area contributed by atoms with Crippen LogP contribution in [0.15, 0.2) is 0 Å². The van der Waals surface area contributed by atoms with Crippen LogP contribution in [0.2, 0.25) is 0 Å². The minimum absolute atomic E-state index is 0.446. The Hall–Kier alpha value is -0.480. The van der Waals surface area contributed by atoms with Gasteiger partial charge >= 0.3 is 0 Å². The van der Waals surface area contributed by atoms with Crippen LogP contribution in [0.4, 0.5) is 0 Å². The van der Waals surface area contributed by atoms with Crippen LogP contribution < -0.4 is 5.32 Å². The topological polar surface area (TPSA) is 37.8 Å². The maximum atomic E-state index is 4.25. The maximum Gasteiger partial charge on any atom is 0.0800 e. The molecule has 1 aromatic heterocycles. The molecule has 2 unspecified atom stereocenters. The average Bonchev–Trinajstić information content (AvgIpc) is 2.82. The Morgan fingerprint density at radius 2 is 2.00 bits per heavy atom. The maximum absolute atomic E-state index is 4.25. The Morgan fingerprint density at radius 1 is 1.22 bits per heavy atom. The van der Waals surface area contributed by atoms with Crippen molar-refractivity contribution in [2.45, 2.75) is 65.8 Å². The Bertz CT molecular complexity index is 325. The summed E-state index contributed by atoms with van der Waals surface area (Å²) in [7, 11) is 0. The summed E-state index contributed by atoms with van der Waals surface area (Å²) in [5, 5.41) is 7.91. The molecule has 0 saturated carbocycles. The molecule has 0 bridgehead atoms. The summed E-state index contributed by atoms with van der Waals surface area (Å²) in [4.78, 5) is 1.36. The van der Waals surface area contributed by atoms with E-state index in [1.807, 2.05) is 0 Å². The van der Waals surface area contributed by atoms with E-state index in [1.165, 1.54) is 36.3 Å². The van der Waals surface area contributed by atoms with Crippen LogP contribution >= 0.6 is 11.5 Å². The van der Waals surface area contributed by atoms with Gasteiger partial charge in [-0.25, -0.2) is 0 Å². The monoisotopic (exact) mass is 269 g/mol. The van der Waals surface area contributed by atoms with E-state index >= 15 is 0 Å². The third kappa shape index (κ3) is 4.65. The van der Waals surface area contributed by atoms with E-state index in [0.29, 0.717) is 6.04 Å². The van der Waals surface area contributed by atoms with Crippen LogP contribution in [0.1, 0.15) is 70.0 Å². The molecular weight excluding hydrogens is 242 g/mol. The fourth-order valence-corrected chi connectivity index (χ4v) is 3.16. The minimum atomic E-state index is 0.446. The fourth-order valence-electron chi connectivity index (χ4n) is 2.34. The van der Waals surface area contributed by atoms with Crippen LogP contribution in [0.3, 0.4) is 0 Å². The van der Waals surface area contributed by atoms with Crippen molar-refractivity contribution in [1.82, 2.24) is 14.9 Å². The van der Waals surface area contributed by atoms with Crippen LogP contribution in [0, 0.1) is 5.92 Å². The first-order valence-corrected chi connectivity index (χ1v) is 8.04. The van der Waals surface area contributed by atoms with E-state index in [1.54, 1.807) is 11.5 Å². The average molecular weight is 269 g/mol. The highest BCUT2D eigenvalue weighted by atomic mass is 32.1. The van der Waals surface area contributed by atoms with Gasteiger partial charge in [0.1, 0.15) is 0 Å². The summed E-state index contributed by atoms with van der Waals surface area (Å²) >= 11 is 1.57. The van der Waals surface area contributed by atoms with Crippen molar-refractivity contribution in [2.24, 2.45) is 5.92 Å². The van der Waals surface area contributed by atoms with Gasteiger partial charge in [-0.15, -0.1) is 5.10 Å². The molecule has 104 valence electrons. The van der Waals surface area contributed by atoms with Crippen LogP contribution in [0.25, 0.3) is 0 Å². The highest BCUT2D eigenvalue weighted by Gasteiger charge is 2.20. The molecular formula is C14H27N3S. The van der Waals surface area contributed by atoms with Gasteiger partial charge in [-0.3, -0.25) is 0 Å². The first-order chi connectivity index (χ1) is 8.72. The van der Waals surface area contributed by atoms with Crippen LogP contribution in [0.5, 0.6) is 0 Å². The summed E-state index contributed by atoms with van der Waals surface area (Å²) in [6.45, 7) is 10.1. The number of nitrogens with zero attached hydrogens (tertiary/aromatic N) is 2. The Balaban J connectivity index is 2.71. The van der Waals surface area contributed by atoms with Gasteiger partial charge < -0.3 is 5.32 Å². The van der Waals surface area contributed by atoms with E-state index in [4.69, 9.17) is 0 Å². The lowest BCUT2D eigenvalue weighted by Crippen LogP contribution is -2.24. The predicted molar refractivity (Wildman–Crippen MR) is 79.0 cm³/mol. The highest BCUT2D eigenvalue weighted by molar-refractivity contribution is 7.05. The minimum Gasteiger partial charge on any atom is -0.309 e. The fraction of sp³-hybridized carbons (Fsp3) is 0.857. The summed E-state index contributed by atoms with van der Waals surface area (Å²) in [6.07, 6.45) is 5.93. The third-order valence-electron chi connectivity index (χ3n) is 3.30. The van der Waals surface area contributed by atoms with Crippen LogP contribution in [-0.2, 0) is 6.42 Å². The molecule has 0 aliphatic carbocycles. The Morgan fingerprint density at radius 3 is 2.61 bits per heavy atom. The van der Waals surface area contributed by atoms with Gasteiger partial charge in [-0.1, -0.05) is 45.0 Å². The van der Waals surface area contributed by atoms with E-state index in [-0.39, 0.29) is 0 Å². The van der Waals surface area contributed by atoms with Crippen molar-refractivity contribution in [3.63, 3.8) is 0 Å². The normalized spacial score (nSPS) is 14.7. The van der Waals surface area contributed by atoms with Gasteiger partial charge in [0.05, 0.1) is 10.6 Å². The molecule has 0 radical (unpaired) electrons. The van der Waals surface area contributed by atoms with Crippen molar-refractivity contribution in [3.05, 3.63) is 10.6 Å². The van der Waals surface area contributed by atoms with Crippen molar-refractivity contribution < 1.29 is 0 Å². The second-order valence-electron chi connectivity index (χ2n) is 5.07. The molecule has 1 aromatic rings. The molecule has 0 aliphatic rings. The Kier molecular flexibility index (Phi) is 7.44. The van der Waals surface area contributed by atoms with E-state index in [2.05, 4.69) is 42.6 Å². The van der Waals surface area contributed by atoms with Crippen molar-refractivity contribution in [3.8, 4) is 0 Å². The molecule has 2 atom stereocenters. The predicted octanol–water partition coefficient (Wildman–Crippen LogP) is 3.97.